The first kappa shape index (κ1) is 11.4. The summed E-state index contributed by atoms with van der Waals surface area (Å²) in [6.07, 6.45) is 8.89. The van der Waals surface area contributed by atoms with Crippen LogP contribution in [0.15, 0.2) is 23.8 Å². The van der Waals surface area contributed by atoms with Gasteiger partial charge in [0.1, 0.15) is 0 Å². The summed E-state index contributed by atoms with van der Waals surface area (Å²) in [6, 6.07) is 0. The highest BCUT2D eigenvalue weighted by atomic mass is 16.7. The molecule has 0 fully saturated rings. The van der Waals surface area contributed by atoms with Crippen molar-refractivity contribution in [2.45, 2.75) is 25.0 Å². The molecule has 1 aliphatic carbocycles. The van der Waals surface area contributed by atoms with Gasteiger partial charge < -0.3 is 15.2 Å². The Morgan fingerprint density at radius 3 is 2.71 bits per heavy atom. The molecule has 14 heavy (non-hydrogen) atoms. The first-order valence-electron chi connectivity index (χ1n) is 4.94. The van der Waals surface area contributed by atoms with Crippen molar-refractivity contribution in [1.29, 1.82) is 0 Å². The number of methoxy groups -OCH3 is 2. The van der Waals surface area contributed by atoms with E-state index in [-0.39, 0.29) is 0 Å². The van der Waals surface area contributed by atoms with Crippen LogP contribution in [0.5, 0.6) is 0 Å². The van der Waals surface area contributed by atoms with Crippen LogP contribution in [-0.4, -0.2) is 26.6 Å². The van der Waals surface area contributed by atoms with Gasteiger partial charge in [0.25, 0.3) is 0 Å². The topological polar surface area (TPSA) is 44.5 Å². The highest BCUT2D eigenvalue weighted by Gasteiger charge is 2.28. The number of hydrogen-bond donors (Lipinski definition) is 1. The molecule has 0 aromatic heterocycles. The Morgan fingerprint density at radius 2 is 2.14 bits per heavy atom. The number of nitrogens with two attached hydrogens (primary N) is 1. The molecular weight excluding hydrogens is 178 g/mol. The van der Waals surface area contributed by atoms with Gasteiger partial charge >= 0.3 is 0 Å². The molecule has 1 rings (SSSR count). The minimum Gasteiger partial charge on any atom is -0.349 e. The van der Waals surface area contributed by atoms with Crippen LogP contribution in [-0.2, 0) is 9.47 Å². The normalized spacial score (nSPS) is 19.5. The predicted octanol–water partition coefficient (Wildman–Crippen LogP) is 1.60. The number of ether oxygens (including phenoxy) is 2. The minimum absolute atomic E-state index is 0.557. The van der Waals surface area contributed by atoms with Crippen molar-refractivity contribution in [1.82, 2.24) is 0 Å². The molecule has 0 aliphatic heterocycles. The third kappa shape index (κ3) is 2.67. The average Bonchev–Trinajstić information content (AvgIpc) is 2.26. The van der Waals surface area contributed by atoms with Gasteiger partial charge in [0.05, 0.1) is 0 Å². The molecule has 3 nitrogen and oxygen atoms in total. The standard InChI is InChI=1S/C11H19NO2/c1-13-11(14-2)7-3-5-10(9-11)6-4-8-12/h3,5,7H,4,6,8-9,12H2,1-2H3. The van der Waals surface area contributed by atoms with Gasteiger partial charge in [-0.2, -0.15) is 0 Å². The molecule has 2 N–H and O–H groups in total. The predicted molar refractivity (Wildman–Crippen MR) is 56.9 cm³/mol. The number of rotatable bonds is 5. The lowest BCUT2D eigenvalue weighted by molar-refractivity contribution is -0.169. The summed E-state index contributed by atoms with van der Waals surface area (Å²) in [5, 5.41) is 0. The second-order valence-electron chi connectivity index (χ2n) is 3.47. The van der Waals surface area contributed by atoms with Crippen LogP contribution in [0.3, 0.4) is 0 Å². The fourth-order valence-corrected chi connectivity index (χ4v) is 1.63. The second-order valence-corrected chi connectivity index (χ2v) is 3.47. The molecule has 1 aliphatic rings. The molecule has 80 valence electrons. The molecule has 0 unspecified atom stereocenters. The van der Waals surface area contributed by atoms with Crippen LogP contribution in [0.2, 0.25) is 0 Å². The van der Waals surface area contributed by atoms with Crippen molar-refractivity contribution in [2.24, 2.45) is 5.73 Å². The van der Waals surface area contributed by atoms with E-state index in [1.165, 1.54) is 5.57 Å². The van der Waals surface area contributed by atoms with Crippen LogP contribution in [0, 0.1) is 0 Å². The van der Waals surface area contributed by atoms with E-state index in [1.54, 1.807) is 14.2 Å². The Balaban J connectivity index is 2.57. The van der Waals surface area contributed by atoms with Crippen LogP contribution < -0.4 is 5.73 Å². The first-order valence-corrected chi connectivity index (χ1v) is 4.94. The van der Waals surface area contributed by atoms with E-state index in [2.05, 4.69) is 6.08 Å². The van der Waals surface area contributed by atoms with Crippen LogP contribution in [0.1, 0.15) is 19.3 Å². The maximum atomic E-state index is 5.47. The monoisotopic (exact) mass is 197 g/mol. The van der Waals surface area contributed by atoms with Gasteiger partial charge in [-0.3, -0.25) is 0 Å². The molecule has 0 amide bonds. The smallest absolute Gasteiger partial charge is 0.191 e. The van der Waals surface area contributed by atoms with Crippen molar-refractivity contribution in [3.8, 4) is 0 Å². The van der Waals surface area contributed by atoms with E-state index in [0.29, 0.717) is 0 Å². The third-order valence-electron chi connectivity index (χ3n) is 2.55. The quantitative estimate of drug-likeness (QED) is 0.681. The fraction of sp³-hybridized carbons (Fsp3) is 0.636. The summed E-state index contributed by atoms with van der Waals surface area (Å²) in [5.41, 5.74) is 6.81. The molecule has 0 bridgehead atoms. The zero-order valence-corrected chi connectivity index (χ0v) is 8.95. The van der Waals surface area contributed by atoms with Crippen molar-refractivity contribution in [3.05, 3.63) is 23.8 Å². The SMILES string of the molecule is COC1(OC)C=CC=C(CCCN)C1. The molecule has 0 atom stereocenters. The van der Waals surface area contributed by atoms with Gasteiger partial charge in [0, 0.05) is 20.6 Å². The Labute approximate surface area is 85.6 Å². The molecule has 0 aromatic rings. The molecule has 0 heterocycles. The molecule has 0 saturated heterocycles. The molecule has 0 radical (unpaired) electrons. The van der Waals surface area contributed by atoms with Crippen LogP contribution in [0.25, 0.3) is 0 Å². The van der Waals surface area contributed by atoms with E-state index in [0.717, 1.165) is 25.8 Å². The average molecular weight is 197 g/mol. The highest BCUT2D eigenvalue weighted by Crippen LogP contribution is 2.28. The Kier molecular flexibility index (Phi) is 4.32. The summed E-state index contributed by atoms with van der Waals surface area (Å²) in [6.45, 7) is 0.730. The maximum absolute atomic E-state index is 5.47. The van der Waals surface area contributed by atoms with Crippen molar-refractivity contribution < 1.29 is 9.47 Å². The van der Waals surface area contributed by atoms with E-state index in [9.17, 15) is 0 Å². The van der Waals surface area contributed by atoms with Crippen LogP contribution >= 0.6 is 0 Å². The van der Waals surface area contributed by atoms with Gasteiger partial charge in [0.2, 0.25) is 0 Å². The Morgan fingerprint density at radius 1 is 1.43 bits per heavy atom. The van der Waals surface area contributed by atoms with Gasteiger partial charge in [-0.15, -0.1) is 0 Å². The van der Waals surface area contributed by atoms with Crippen LogP contribution in [0.4, 0.5) is 0 Å². The summed E-state index contributed by atoms with van der Waals surface area (Å²) in [4.78, 5) is 0. The second kappa shape index (κ2) is 5.29. The fourth-order valence-electron chi connectivity index (χ4n) is 1.63. The summed E-state index contributed by atoms with van der Waals surface area (Å²) < 4.78 is 10.7. The van der Waals surface area contributed by atoms with E-state index >= 15 is 0 Å². The van der Waals surface area contributed by atoms with E-state index in [4.69, 9.17) is 15.2 Å². The number of allylic oxidation sites excluding steroid dienone is 2. The molecule has 0 spiro atoms. The third-order valence-corrected chi connectivity index (χ3v) is 2.55. The van der Waals surface area contributed by atoms with Crippen molar-refractivity contribution in [2.75, 3.05) is 20.8 Å². The van der Waals surface area contributed by atoms with E-state index in [1.807, 2.05) is 12.2 Å². The zero-order chi connectivity index (χ0) is 10.4. The van der Waals surface area contributed by atoms with E-state index < -0.39 is 5.79 Å². The zero-order valence-electron chi connectivity index (χ0n) is 8.95. The first-order chi connectivity index (χ1) is 6.76. The Hall–Kier alpha value is -0.640. The minimum atomic E-state index is -0.557. The maximum Gasteiger partial charge on any atom is 0.191 e. The number of hydrogen-bond acceptors (Lipinski definition) is 3. The molecule has 0 saturated carbocycles. The molecule has 3 heteroatoms. The summed E-state index contributed by atoms with van der Waals surface area (Å²) in [7, 11) is 3.33. The van der Waals surface area contributed by atoms with Gasteiger partial charge in [-0.25, -0.2) is 0 Å². The van der Waals surface area contributed by atoms with Crippen molar-refractivity contribution in [3.63, 3.8) is 0 Å². The van der Waals surface area contributed by atoms with Gasteiger partial charge in [0.15, 0.2) is 5.79 Å². The summed E-state index contributed by atoms with van der Waals surface area (Å²) >= 11 is 0. The summed E-state index contributed by atoms with van der Waals surface area (Å²) in [5.74, 6) is -0.557. The molecular formula is C11H19NO2. The lowest BCUT2D eigenvalue weighted by Gasteiger charge is -2.30. The Bertz CT molecular complexity index is 229. The van der Waals surface area contributed by atoms with Crippen molar-refractivity contribution >= 4 is 0 Å². The van der Waals surface area contributed by atoms with Gasteiger partial charge in [-0.1, -0.05) is 17.7 Å². The highest BCUT2D eigenvalue weighted by molar-refractivity contribution is 5.23. The largest absolute Gasteiger partial charge is 0.349 e. The van der Waals surface area contributed by atoms with Gasteiger partial charge in [-0.05, 0) is 25.5 Å². The molecule has 0 aromatic carbocycles. The lowest BCUT2D eigenvalue weighted by atomic mass is 9.96. The lowest BCUT2D eigenvalue weighted by Crippen LogP contribution is -2.33.